The Morgan fingerprint density at radius 1 is 0.824 bits per heavy atom. The van der Waals surface area contributed by atoms with Gasteiger partial charge in [0, 0.05) is 19.1 Å². The van der Waals surface area contributed by atoms with Crippen LogP contribution in [0, 0.1) is 0 Å². The lowest BCUT2D eigenvalue weighted by Crippen LogP contribution is -2.24. The highest BCUT2D eigenvalue weighted by atomic mass is 16.3. The Kier molecular flexibility index (Phi) is 9.14. The molecule has 0 aromatic rings. The standard InChI is InChI=1S/C10H21NO6/c12-5-9(16)1-7(14)3-11-4-8(15)2-10(17)6-13/h3,7-10,12-17H,1-2,4-6H2. The topological polar surface area (TPSA) is 134 Å². The van der Waals surface area contributed by atoms with Crippen molar-refractivity contribution in [1.29, 1.82) is 0 Å². The number of nitrogens with zero attached hydrogens (tertiary/aromatic N) is 1. The summed E-state index contributed by atoms with van der Waals surface area (Å²) in [6.45, 7) is -0.869. The first-order valence-corrected chi connectivity index (χ1v) is 5.43. The molecule has 0 aromatic heterocycles. The number of hydrogen-bond acceptors (Lipinski definition) is 7. The van der Waals surface area contributed by atoms with E-state index in [2.05, 4.69) is 4.99 Å². The summed E-state index contributed by atoms with van der Waals surface area (Å²) in [5, 5.41) is 53.7. The van der Waals surface area contributed by atoms with Crippen molar-refractivity contribution >= 4 is 6.21 Å². The quantitative estimate of drug-likeness (QED) is 0.246. The highest BCUT2D eigenvalue weighted by Crippen LogP contribution is 1.99. The molecular formula is C10H21NO6. The second-order valence-electron chi connectivity index (χ2n) is 3.88. The summed E-state index contributed by atoms with van der Waals surface area (Å²) in [5.74, 6) is 0. The lowest BCUT2D eigenvalue weighted by molar-refractivity contribution is 0.0447. The lowest BCUT2D eigenvalue weighted by Gasteiger charge is -2.12. The minimum atomic E-state index is -1.00. The summed E-state index contributed by atoms with van der Waals surface area (Å²) in [6.07, 6.45) is -2.75. The molecule has 0 heterocycles. The first-order chi connectivity index (χ1) is 7.99. The number of aliphatic hydroxyl groups is 6. The van der Waals surface area contributed by atoms with E-state index in [1.165, 1.54) is 0 Å². The highest BCUT2D eigenvalue weighted by Gasteiger charge is 2.11. The first-order valence-electron chi connectivity index (χ1n) is 5.43. The first kappa shape index (κ1) is 16.4. The van der Waals surface area contributed by atoms with E-state index in [9.17, 15) is 10.2 Å². The second-order valence-corrected chi connectivity index (χ2v) is 3.88. The Bertz CT molecular complexity index is 213. The van der Waals surface area contributed by atoms with Gasteiger partial charge in [-0.1, -0.05) is 0 Å². The third-order valence-corrected chi connectivity index (χ3v) is 2.07. The summed E-state index contributed by atoms with van der Waals surface area (Å²) in [6, 6.07) is 0. The molecule has 0 aliphatic carbocycles. The van der Waals surface area contributed by atoms with E-state index in [0.29, 0.717) is 0 Å². The predicted molar refractivity (Wildman–Crippen MR) is 60.8 cm³/mol. The molecule has 0 amide bonds. The highest BCUT2D eigenvalue weighted by molar-refractivity contribution is 5.62. The number of rotatable bonds is 9. The predicted octanol–water partition coefficient (Wildman–Crippen LogP) is -2.73. The van der Waals surface area contributed by atoms with Crippen molar-refractivity contribution in [3.05, 3.63) is 0 Å². The fourth-order valence-corrected chi connectivity index (χ4v) is 1.18. The molecule has 4 atom stereocenters. The number of aliphatic imine (C=N–C) groups is 1. The molecule has 0 saturated heterocycles. The smallest absolute Gasteiger partial charge is 0.0912 e. The molecule has 0 aromatic carbocycles. The fourth-order valence-electron chi connectivity index (χ4n) is 1.18. The summed E-state index contributed by atoms with van der Waals surface area (Å²) in [7, 11) is 0. The van der Waals surface area contributed by atoms with Gasteiger partial charge < -0.3 is 30.6 Å². The van der Waals surface area contributed by atoms with Gasteiger partial charge in [-0.25, -0.2) is 0 Å². The minimum Gasteiger partial charge on any atom is -0.394 e. The van der Waals surface area contributed by atoms with Crippen LogP contribution in [0.1, 0.15) is 12.8 Å². The Morgan fingerprint density at radius 3 is 1.88 bits per heavy atom. The molecule has 17 heavy (non-hydrogen) atoms. The molecule has 0 aliphatic rings. The molecule has 7 nitrogen and oxygen atoms in total. The molecule has 0 bridgehead atoms. The van der Waals surface area contributed by atoms with Gasteiger partial charge in [0.05, 0.1) is 44.2 Å². The zero-order valence-corrected chi connectivity index (χ0v) is 9.55. The summed E-state index contributed by atoms with van der Waals surface area (Å²) in [4.78, 5) is 3.74. The SMILES string of the molecule is OCC(O)CC(O)C=NCC(O)CC(O)CO. The van der Waals surface area contributed by atoms with Crippen LogP contribution in [0.4, 0.5) is 0 Å². The van der Waals surface area contributed by atoms with Gasteiger partial charge in [-0.2, -0.15) is 0 Å². The molecule has 4 unspecified atom stereocenters. The van der Waals surface area contributed by atoms with Crippen LogP contribution in [0.2, 0.25) is 0 Å². The third-order valence-electron chi connectivity index (χ3n) is 2.07. The maximum absolute atomic E-state index is 9.34. The lowest BCUT2D eigenvalue weighted by atomic mass is 10.1. The monoisotopic (exact) mass is 251 g/mol. The summed E-state index contributed by atoms with van der Waals surface area (Å²) in [5.41, 5.74) is 0. The number of aliphatic hydroxyl groups excluding tert-OH is 6. The van der Waals surface area contributed by atoms with Crippen LogP contribution in [-0.4, -0.2) is 81.0 Å². The molecule has 0 radical (unpaired) electrons. The average molecular weight is 251 g/mol. The minimum absolute atomic E-state index is 0.00317. The van der Waals surface area contributed by atoms with E-state index in [1.54, 1.807) is 0 Å². The maximum Gasteiger partial charge on any atom is 0.0912 e. The second kappa shape index (κ2) is 9.46. The van der Waals surface area contributed by atoms with E-state index in [-0.39, 0.29) is 19.4 Å². The molecule has 0 spiro atoms. The van der Waals surface area contributed by atoms with Crippen LogP contribution < -0.4 is 0 Å². The van der Waals surface area contributed by atoms with Gasteiger partial charge in [0.1, 0.15) is 0 Å². The Labute approximate surface area is 99.7 Å². The Morgan fingerprint density at radius 2 is 1.35 bits per heavy atom. The third kappa shape index (κ3) is 9.16. The van der Waals surface area contributed by atoms with Crippen LogP contribution in [0.25, 0.3) is 0 Å². The van der Waals surface area contributed by atoms with Crippen LogP contribution in [0.5, 0.6) is 0 Å². The molecule has 6 N–H and O–H groups in total. The van der Waals surface area contributed by atoms with Crippen molar-refractivity contribution < 1.29 is 30.6 Å². The zero-order valence-electron chi connectivity index (χ0n) is 9.55. The van der Waals surface area contributed by atoms with Gasteiger partial charge in [-0.3, -0.25) is 4.99 Å². The van der Waals surface area contributed by atoms with Crippen LogP contribution >= 0.6 is 0 Å². The van der Waals surface area contributed by atoms with Gasteiger partial charge in [-0.05, 0) is 0 Å². The van der Waals surface area contributed by atoms with Crippen LogP contribution in [-0.2, 0) is 0 Å². The van der Waals surface area contributed by atoms with Crippen molar-refractivity contribution in [3.8, 4) is 0 Å². The average Bonchev–Trinajstić information content (AvgIpc) is 2.28. The van der Waals surface area contributed by atoms with Crippen LogP contribution in [0.3, 0.4) is 0 Å². The maximum atomic E-state index is 9.34. The molecule has 102 valence electrons. The van der Waals surface area contributed by atoms with Gasteiger partial charge in [0.25, 0.3) is 0 Å². The van der Waals surface area contributed by atoms with E-state index in [1.807, 2.05) is 0 Å². The van der Waals surface area contributed by atoms with E-state index in [0.717, 1.165) is 6.21 Å². The van der Waals surface area contributed by atoms with Gasteiger partial charge >= 0.3 is 0 Å². The van der Waals surface area contributed by atoms with E-state index >= 15 is 0 Å². The van der Waals surface area contributed by atoms with Crippen molar-refractivity contribution in [1.82, 2.24) is 0 Å². The van der Waals surface area contributed by atoms with Crippen molar-refractivity contribution in [3.63, 3.8) is 0 Å². The molecule has 0 saturated carbocycles. The largest absolute Gasteiger partial charge is 0.394 e. The van der Waals surface area contributed by atoms with Crippen molar-refractivity contribution in [2.24, 2.45) is 4.99 Å². The van der Waals surface area contributed by atoms with Gasteiger partial charge in [0.15, 0.2) is 0 Å². The summed E-state index contributed by atoms with van der Waals surface area (Å²) >= 11 is 0. The fraction of sp³-hybridized carbons (Fsp3) is 0.900. The van der Waals surface area contributed by atoms with Crippen LogP contribution in [0.15, 0.2) is 4.99 Å². The molecule has 0 rings (SSSR count). The Balaban J connectivity index is 3.77. The molecule has 0 fully saturated rings. The van der Waals surface area contributed by atoms with E-state index < -0.39 is 37.6 Å². The van der Waals surface area contributed by atoms with Crippen molar-refractivity contribution in [2.45, 2.75) is 37.3 Å². The zero-order chi connectivity index (χ0) is 13.3. The van der Waals surface area contributed by atoms with Gasteiger partial charge in [0.2, 0.25) is 0 Å². The normalized spacial score (nSPS) is 19.2. The molecule has 7 heteroatoms. The van der Waals surface area contributed by atoms with E-state index in [4.69, 9.17) is 20.4 Å². The number of hydrogen-bond donors (Lipinski definition) is 6. The van der Waals surface area contributed by atoms with Gasteiger partial charge in [-0.15, -0.1) is 0 Å². The molecular weight excluding hydrogens is 230 g/mol. The van der Waals surface area contributed by atoms with Crippen molar-refractivity contribution in [2.75, 3.05) is 19.8 Å². The molecule has 0 aliphatic heterocycles. The Hall–Kier alpha value is -0.570. The summed E-state index contributed by atoms with van der Waals surface area (Å²) < 4.78 is 0.